The molecule has 1 aliphatic heterocycles. The van der Waals surface area contributed by atoms with Gasteiger partial charge >= 0.3 is 6.09 Å². The van der Waals surface area contributed by atoms with E-state index in [9.17, 15) is 9.59 Å². The summed E-state index contributed by atoms with van der Waals surface area (Å²) in [5, 5.41) is 8.91. The van der Waals surface area contributed by atoms with E-state index in [1.807, 2.05) is 30.3 Å². The van der Waals surface area contributed by atoms with Crippen molar-refractivity contribution in [1.29, 1.82) is 0 Å². The molecular formula is C15H18BrN3O4. The van der Waals surface area contributed by atoms with Gasteiger partial charge in [-0.05, 0) is 28.4 Å². The third-order valence-electron chi connectivity index (χ3n) is 3.14. The van der Waals surface area contributed by atoms with Crippen LogP contribution in [0.2, 0.25) is 0 Å². The molecule has 1 aromatic carbocycles. The molecule has 0 aromatic heterocycles. The number of benzene rings is 1. The molecule has 0 saturated carbocycles. The first-order valence-electron chi connectivity index (χ1n) is 7.17. The minimum Gasteiger partial charge on any atom is -0.445 e. The van der Waals surface area contributed by atoms with E-state index in [2.05, 4.69) is 31.7 Å². The number of nitrogens with one attached hydrogen (secondary N) is 2. The van der Waals surface area contributed by atoms with Gasteiger partial charge in [0.05, 0.1) is 6.54 Å². The predicted molar refractivity (Wildman–Crippen MR) is 88.1 cm³/mol. The normalized spacial score (nSPS) is 17.7. The van der Waals surface area contributed by atoms with Crippen LogP contribution in [-0.2, 0) is 21.0 Å². The van der Waals surface area contributed by atoms with Crippen LogP contribution in [0.5, 0.6) is 0 Å². The number of halogens is 1. The molecule has 2 N–H and O–H groups in total. The molecule has 2 atom stereocenters. The maximum atomic E-state index is 11.9. The number of carbonyl (C=O) groups is 2. The van der Waals surface area contributed by atoms with Crippen LogP contribution in [0.4, 0.5) is 4.79 Å². The van der Waals surface area contributed by atoms with Gasteiger partial charge in [0.15, 0.2) is 6.10 Å². The molecule has 1 unspecified atom stereocenters. The third-order valence-corrected chi connectivity index (χ3v) is 3.61. The standard InChI is InChI=1S/C15H18BrN3O4/c1-10(14(20)17-8-12-7-13(16)19-23-12)18-15(21)22-9-11-5-3-2-4-6-11/h2-6,10,12H,7-9H2,1H3,(H,17,20)(H,18,21)/t10?,12-/m0/s1. The van der Waals surface area contributed by atoms with E-state index in [0.29, 0.717) is 17.6 Å². The van der Waals surface area contributed by atoms with Gasteiger partial charge in [-0.15, -0.1) is 0 Å². The van der Waals surface area contributed by atoms with Crippen LogP contribution in [-0.4, -0.2) is 35.3 Å². The van der Waals surface area contributed by atoms with Crippen LogP contribution in [0.15, 0.2) is 35.5 Å². The zero-order chi connectivity index (χ0) is 16.7. The van der Waals surface area contributed by atoms with Crippen LogP contribution in [0, 0.1) is 0 Å². The molecule has 1 aliphatic rings. The molecule has 1 aromatic rings. The van der Waals surface area contributed by atoms with Crippen molar-refractivity contribution in [2.45, 2.75) is 32.1 Å². The van der Waals surface area contributed by atoms with Crippen molar-refractivity contribution in [2.24, 2.45) is 5.16 Å². The average molecular weight is 384 g/mol. The SMILES string of the molecule is CC(NC(=O)OCc1ccccc1)C(=O)NC[C@@H]1CC(Br)=NO1. The highest BCUT2D eigenvalue weighted by molar-refractivity contribution is 9.18. The summed E-state index contributed by atoms with van der Waals surface area (Å²) in [6, 6.07) is 8.60. The molecule has 124 valence electrons. The molecule has 1 heterocycles. The van der Waals surface area contributed by atoms with Gasteiger partial charge in [0.25, 0.3) is 0 Å². The Morgan fingerprint density at radius 2 is 2.17 bits per heavy atom. The van der Waals surface area contributed by atoms with Crippen molar-refractivity contribution >= 4 is 32.6 Å². The number of carbonyl (C=O) groups excluding carboxylic acids is 2. The predicted octanol–water partition coefficient (Wildman–Crippen LogP) is 1.91. The first-order chi connectivity index (χ1) is 11.0. The van der Waals surface area contributed by atoms with E-state index in [1.54, 1.807) is 6.92 Å². The van der Waals surface area contributed by atoms with Gasteiger partial charge in [-0.2, -0.15) is 0 Å². The Hall–Kier alpha value is -2.09. The highest BCUT2D eigenvalue weighted by atomic mass is 79.9. The minimum atomic E-state index is -0.705. The fourth-order valence-electron chi connectivity index (χ4n) is 1.88. The Bertz CT molecular complexity index is 579. The zero-order valence-corrected chi connectivity index (χ0v) is 14.2. The van der Waals surface area contributed by atoms with E-state index < -0.39 is 12.1 Å². The van der Waals surface area contributed by atoms with Crippen LogP contribution in [0.25, 0.3) is 0 Å². The van der Waals surface area contributed by atoms with Crippen LogP contribution in [0.1, 0.15) is 18.9 Å². The Morgan fingerprint density at radius 3 is 2.83 bits per heavy atom. The van der Waals surface area contributed by atoms with Crippen molar-refractivity contribution in [2.75, 3.05) is 6.54 Å². The summed E-state index contributed by atoms with van der Waals surface area (Å²) in [5.41, 5.74) is 0.878. The number of rotatable bonds is 6. The molecule has 0 fully saturated rings. The zero-order valence-electron chi connectivity index (χ0n) is 12.6. The highest BCUT2D eigenvalue weighted by Crippen LogP contribution is 2.13. The number of alkyl carbamates (subject to hydrolysis) is 1. The van der Waals surface area contributed by atoms with E-state index in [4.69, 9.17) is 9.57 Å². The summed E-state index contributed by atoms with van der Waals surface area (Å²) in [6.07, 6.45) is -0.216. The molecule has 23 heavy (non-hydrogen) atoms. The molecule has 0 spiro atoms. The Balaban J connectivity index is 1.65. The largest absolute Gasteiger partial charge is 0.445 e. The van der Waals surface area contributed by atoms with Gasteiger partial charge in [-0.1, -0.05) is 35.5 Å². The van der Waals surface area contributed by atoms with Crippen molar-refractivity contribution in [3.05, 3.63) is 35.9 Å². The lowest BCUT2D eigenvalue weighted by atomic mass is 10.2. The summed E-state index contributed by atoms with van der Waals surface area (Å²) in [4.78, 5) is 28.7. The average Bonchev–Trinajstić information content (AvgIpc) is 2.97. The minimum absolute atomic E-state index is 0.155. The molecule has 0 bridgehead atoms. The molecule has 8 heteroatoms. The van der Waals surface area contributed by atoms with Crippen molar-refractivity contribution in [3.8, 4) is 0 Å². The quantitative estimate of drug-likeness (QED) is 0.784. The lowest BCUT2D eigenvalue weighted by molar-refractivity contribution is -0.123. The number of oxime groups is 1. The molecule has 2 amide bonds. The van der Waals surface area contributed by atoms with Crippen molar-refractivity contribution in [1.82, 2.24) is 10.6 Å². The van der Waals surface area contributed by atoms with Crippen LogP contribution < -0.4 is 10.6 Å². The van der Waals surface area contributed by atoms with Crippen LogP contribution >= 0.6 is 15.9 Å². The number of nitrogens with zero attached hydrogens (tertiary/aromatic N) is 1. The fourth-order valence-corrected chi connectivity index (χ4v) is 2.32. The van der Waals surface area contributed by atoms with Gasteiger partial charge in [-0.25, -0.2) is 4.79 Å². The summed E-state index contributed by atoms with van der Waals surface area (Å²) >= 11 is 3.22. The Labute approximate surface area is 142 Å². The number of amides is 2. The van der Waals surface area contributed by atoms with Crippen LogP contribution in [0.3, 0.4) is 0 Å². The summed E-state index contributed by atoms with van der Waals surface area (Å²) in [7, 11) is 0. The molecular weight excluding hydrogens is 366 g/mol. The first-order valence-corrected chi connectivity index (χ1v) is 7.97. The van der Waals surface area contributed by atoms with Crippen molar-refractivity contribution in [3.63, 3.8) is 0 Å². The summed E-state index contributed by atoms with van der Waals surface area (Å²) in [5.74, 6) is -0.312. The van der Waals surface area contributed by atoms with Gasteiger partial charge in [0, 0.05) is 6.42 Å². The molecule has 7 nitrogen and oxygen atoms in total. The molecule has 0 aliphatic carbocycles. The molecule has 2 rings (SSSR count). The molecule has 0 radical (unpaired) electrons. The first kappa shape index (κ1) is 17.3. The lowest BCUT2D eigenvalue weighted by Gasteiger charge is -2.15. The maximum absolute atomic E-state index is 11.9. The number of ether oxygens (including phenoxy) is 1. The monoisotopic (exact) mass is 383 g/mol. The maximum Gasteiger partial charge on any atom is 0.408 e. The second-order valence-electron chi connectivity index (χ2n) is 5.07. The Morgan fingerprint density at radius 1 is 1.43 bits per heavy atom. The second-order valence-corrected chi connectivity index (χ2v) is 5.99. The van der Waals surface area contributed by atoms with Gasteiger partial charge in [0.1, 0.15) is 17.3 Å². The lowest BCUT2D eigenvalue weighted by Crippen LogP contribution is -2.46. The topological polar surface area (TPSA) is 89.0 Å². The number of hydrogen-bond donors (Lipinski definition) is 2. The highest BCUT2D eigenvalue weighted by Gasteiger charge is 2.22. The van der Waals surface area contributed by atoms with Gasteiger partial charge in [-0.3, -0.25) is 4.79 Å². The van der Waals surface area contributed by atoms with E-state index in [-0.39, 0.29) is 18.6 Å². The fraction of sp³-hybridized carbons (Fsp3) is 0.400. The van der Waals surface area contributed by atoms with E-state index in [1.165, 1.54) is 0 Å². The Kier molecular flexibility index (Phi) is 6.40. The molecule has 0 saturated heterocycles. The number of hydrogen-bond acceptors (Lipinski definition) is 5. The van der Waals surface area contributed by atoms with E-state index in [0.717, 1.165) is 5.56 Å². The smallest absolute Gasteiger partial charge is 0.408 e. The summed E-state index contributed by atoms with van der Waals surface area (Å²) < 4.78 is 5.78. The van der Waals surface area contributed by atoms with E-state index >= 15 is 0 Å². The third kappa shape index (κ3) is 5.90. The van der Waals surface area contributed by atoms with Gasteiger partial charge in [0.2, 0.25) is 5.91 Å². The summed E-state index contributed by atoms with van der Waals surface area (Å²) in [6.45, 7) is 2.06. The second kappa shape index (κ2) is 8.52. The van der Waals surface area contributed by atoms with Gasteiger partial charge < -0.3 is 20.2 Å². The van der Waals surface area contributed by atoms with Crippen molar-refractivity contribution < 1.29 is 19.2 Å².